The number of carboxylic acid groups (broad SMARTS) is 1. The first-order valence-electron chi connectivity index (χ1n) is 11.9. The molecule has 1 atom stereocenters. The van der Waals surface area contributed by atoms with Crippen LogP contribution < -0.4 is 4.74 Å². The average molecular weight is 473 g/mol. The number of aromatic hydroxyl groups is 1. The van der Waals surface area contributed by atoms with Crippen molar-refractivity contribution in [1.29, 1.82) is 0 Å². The number of nitrogens with zero attached hydrogens (tertiary/aromatic N) is 2. The summed E-state index contributed by atoms with van der Waals surface area (Å²) in [4.78, 5) is 16.3. The summed E-state index contributed by atoms with van der Waals surface area (Å²) in [6.07, 6.45) is 3.89. The number of phenolic OH excluding ortho intramolecular Hbond substituents is 1. The number of ether oxygens (including phenoxy) is 1. The van der Waals surface area contributed by atoms with Crippen molar-refractivity contribution < 1.29 is 29.7 Å². The molecule has 1 unspecified atom stereocenters. The molecule has 8 heteroatoms. The lowest BCUT2D eigenvalue weighted by atomic mass is 9.89. The molecule has 0 bridgehead atoms. The van der Waals surface area contributed by atoms with Gasteiger partial charge in [0, 0.05) is 19.6 Å². The van der Waals surface area contributed by atoms with Gasteiger partial charge in [-0.2, -0.15) is 5.06 Å². The summed E-state index contributed by atoms with van der Waals surface area (Å²) in [5, 5.41) is 29.0. The maximum absolute atomic E-state index is 10.4. The van der Waals surface area contributed by atoms with Gasteiger partial charge in [0.05, 0.1) is 6.61 Å². The molecule has 3 N–H and O–H groups in total. The maximum atomic E-state index is 10.4. The minimum Gasteiger partial charge on any atom is -0.508 e. The second-order valence-corrected chi connectivity index (χ2v) is 8.79. The van der Waals surface area contributed by atoms with Crippen LogP contribution in [0.3, 0.4) is 0 Å². The van der Waals surface area contributed by atoms with E-state index >= 15 is 0 Å². The van der Waals surface area contributed by atoms with Gasteiger partial charge in [0.2, 0.25) is 0 Å². The lowest BCUT2D eigenvalue weighted by molar-refractivity contribution is -0.187. The van der Waals surface area contributed by atoms with E-state index in [1.165, 1.54) is 17.5 Å². The molecule has 4 rings (SSSR count). The van der Waals surface area contributed by atoms with E-state index in [0.29, 0.717) is 24.8 Å². The Hall–Kier alpha value is -2.65. The van der Waals surface area contributed by atoms with Crippen LogP contribution in [-0.4, -0.2) is 77.3 Å². The Balaban J connectivity index is 0.00000103. The second kappa shape index (κ2) is 13.9. The number of hydrogen-bond acceptors (Lipinski definition) is 7. The zero-order valence-electron chi connectivity index (χ0n) is 19.6. The van der Waals surface area contributed by atoms with Gasteiger partial charge < -0.3 is 25.0 Å². The molecule has 0 aromatic heterocycles. The summed E-state index contributed by atoms with van der Waals surface area (Å²) < 4.78 is 5.81. The number of carbonyl (C=O) groups is 1. The van der Waals surface area contributed by atoms with Crippen molar-refractivity contribution in [2.45, 2.75) is 44.2 Å². The van der Waals surface area contributed by atoms with Crippen LogP contribution in [0.5, 0.6) is 11.5 Å². The predicted molar refractivity (Wildman–Crippen MR) is 129 cm³/mol. The first kappa shape index (κ1) is 26.0. The largest absolute Gasteiger partial charge is 0.508 e. The molecule has 0 amide bonds. The zero-order chi connectivity index (χ0) is 24.2. The van der Waals surface area contributed by atoms with Crippen molar-refractivity contribution in [2.24, 2.45) is 0 Å². The standard InChI is InChI=1S/C25H34N2O4.CH2O2/c28-23-5-3-4-22(16-23)21-10-13-26(14-11-21)18-24(29)19-30-25-8-6-20(7-9-25)17-27-12-1-2-15-31-27;2-1-3/h3-9,16,21,24,28-29H,1-2,10-15,17-19H2;1H,(H,2,3). The minimum absolute atomic E-state index is 0.250. The van der Waals surface area contributed by atoms with Crippen molar-refractivity contribution in [3.63, 3.8) is 0 Å². The van der Waals surface area contributed by atoms with Crippen molar-refractivity contribution in [1.82, 2.24) is 9.96 Å². The Labute approximate surface area is 201 Å². The van der Waals surface area contributed by atoms with Gasteiger partial charge in [0.15, 0.2) is 0 Å². The fraction of sp³-hybridized carbons (Fsp3) is 0.500. The van der Waals surface area contributed by atoms with E-state index in [0.717, 1.165) is 57.8 Å². The number of hydrogen-bond donors (Lipinski definition) is 3. The topological polar surface area (TPSA) is 103 Å². The fourth-order valence-electron chi connectivity index (χ4n) is 4.44. The van der Waals surface area contributed by atoms with Crippen LogP contribution in [0.25, 0.3) is 0 Å². The SMILES string of the molecule is O=CO.Oc1cccc(C2CCN(CC(O)COc3ccc(CN4CCCCO4)cc3)CC2)c1. The molecule has 0 spiro atoms. The number of aliphatic hydroxyl groups excluding tert-OH is 1. The van der Waals surface area contributed by atoms with Gasteiger partial charge in [0.25, 0.3) is 6.47 Å². The number of benzene rings is 2. The van der Waals surface area contributed by atoms with Gasteiger partial charge in [-0.1, -0.05) is 24.3 Å². The van der Waals surface area contributed by atoms with Gasteiger partial charge in [-0.25, -0.2) is 0 Å². The normalized spacial score (nSPS) is 18.5. The quantitative estimate of drug-likeness (QED) is 0.503. The van der Waals surface area contributed by atoms with Crippen molar-refractivity contribution in [3.05, 3.63) is 59.7 Å². The Morgan fingerprint density at radius 3 is 2.47 bits per heavy atom. The number of β-amino-alcohol motifs (C(OH)–C–C–N with tert-alkyl or cyclic N) is 1. The molecule has 2 aliphatic heterocycles. The Bertz CT molecular complexity index is 849. The van der Waals surface area contributed by atoms with Crippen LogP contribution >= 0.6 is 0 Å². The summed E-state index contributed by atoms with van der Waals surface area (Å²) in [5.41, 5.74) is 2.41. The third-order valence-corrected chi connectivity index (χ3v) is 6.20. The van der Waals surface area contributed by atoms with Crippen molar-refractivity contribution >= 4 is 6.47 Å². The molecule has 2 aromatic carbocycles. The molecule has 2 saturated heterocycles. The van der Waals surface area contributed by atoms with Gasteiger partial charge in [0.1, 0.15) is 24.2 Å². The van der Waals surface area contributed by atoms with Gasteiger partial charge >= 0.3 is 0 Å². The summed E-state index contributed by atoms with van der Waals surface area (Å²) in [5.74, 6) is 1.59. The number of piperidine rings is 1. The lowest BCUT2D eigenvalue weighted by Crippen LogP contribution is -2.40. The molecular weight excluding hydrogens is 436 g/mol. The number of likely N-dealkylation sites (tertiary alicyclic amines) is 1. The first-order valence-corrected chi connectivity index (χ1v) is 11.9. The highest BCUT2D eigenvalue weighted by atomic mass is 16.7. The van der Waals surface area contributed by atoms with E-state index in [2.05, 4.69) is 23.1 Å². The summed E-state index contributed by atoms with van der Waals surface area (Å²) in [7, 11) is 0. The Morgan fingerprint density at radius 1 is 1.09 bits per heavy atom. The highest BCUT2D eigenvalue weighted by Crippen LogP contribution is 2.29. The third-order valence-electron chi connectivity index (χ3n) is 6.20. The predicted octanol–water partition coefficient (Wildman–Crippen LogP) is 3.24. The molecule has 2 aromatic rings. The third kappa shape index (κ3) is 8.61. The molecule has 2 fully saturated rings. The summed E-state index contributed by atoms with van der Waals surface area (Å²) in [6.45, 7) is 5.15. The Morgan fingerprint density at radius 2 is 1.82 bits per heavy atom. The Kier molecular flexibility index (Phi) is 10.6. The lowest BCUT2D eigenvalue weighted by Gasteiger charge is -2.33. The molecule has 8 nitrogen and oxygen atoms in total. The van der Waals surface area contributed by atoms with E-state index in [4.69, 9.17) is 19.5 Å². The monoisotopic (exact) mass is 472 g/mol. The molecule has 34 heavy (non-hydrogen) atoms. The van der Waals surface area contributed by atoms with E-state index in [-0.39, 0.29) is 6.47 Å². The number of hydroxylamine groups is 2. The van der Waals surface area contributed by atoms with Gasteiger partial charge in [-0.05, 0) is 80.1 Å². The van der Waals surface area contributed by atoms with E-state index in [1.54, 1.807) is 6.07 Å². The summed E-state index contributed by atoms with van der Waals surface area (Å²) >= 11 is 0. The number of rotatable bonds is 8. The second-order valence-electron chi connectivity index (χ2n) is 8.79. The van der Waals surface area contributed by atoms with Crippen LogP contribution in [0, 0.1) is 0 Å². The molecule has 186 valence electrons. The van der Waals surface area contributed by atoms with Crippen LogP contribution in [0.4, 0.5) is 0 Å². The van der Waals surface area contributed by atoms with E-state index in [1.807, 2.05) is 29.3 Å². The van der Waals surface area contributed by atoms with Crippen LogP contribution in [0.15, 0.2) is 48.5 Å². The first-order chi connectivity index (χ1) is 16.6. The van der Waals surface area contributed by atoms with Crippen LogP contribution in [0.2, 0.25) is 0 Å². The fourth-order valence-corrected chi connectivity index (χ4v) is 4.44. The number of aliphatic hydroxyl groups is 1. The summed E-state index contributed by atoms with van der Waals surface area (Å²) in [6, 6.07) is 15.6. The minimum atomic E-state index is -0.515. The number of phenols is 1. The molecule has 2 heterocycles. The molecule has 0 aliphatic carbocycles. The van der Waals surface area contributed by atoms with Gasteiger partial charge in [-0.15, -0.1) is 0 Å². The molecular formula is C26H36N2O6. The average Bonchev–Trinajstić information content (AvgIpc) is 2.85. The smallest absolute Gasteiger partial charge is 0.290 e. The highest BCUT2D eigenvalue weighted by Gasteiger charge is 2.22. The van der Waals surface area contributed by atoms with Crippen LogP contribution in [0.1, 0.15) is 42.7 Å². The highest BCUT2D eigenvalue weighted by molar-refractivity contribution is 5.32. The molecule has 2 aliphatic rings. The molecule has 0 radical (unpaired) electrons. The van der Waals surface area contributed by atoms with E-state index < -0.39 is 6.10 Å². The van der Waals surface area contributed by atoms with Gasteiger partial charge in [-0.3, -0.25) is 9.63 Å². The maximum Gasteiger partial charge on any atom is 0.290 e. The molecule has 0 saturated carbocycles. The van der Waals surface area contributed by atoms with E-state index in [9.17, 15) is 10.2 Å². The van der Waals surface area contributed by atoms with Crippen molar-refractivity contribution in [2.75, 3.05) is 39.4 Å². The van der Waals surface area contributed by atoms with Crippen molar-refractivity contribution in [3.8, 4) is 11.5 Å². The zero-order valence-corrected chi connectivity index (χ0v) is 19.6. The van der Waals surface area contributed by atoms with Crippen LogP contribution in [-0.2, 0) is 16.2 Å².